The molecule has 22 heavy (non-hydrogen) atoms. The second-order valence-electron chi connectivity index (χ2n) is 5.61. The number of nitrogens with one attached hydrogen (secondary N) is 2. The molecule has 0 fully saturated rings. The largest absolute Gasteiger partial charge is 0.269 e. The average molecular weight is 294 g/mol. The molecule has 0 bridgehead atoms. The zero-order valence-corrected chi connectivity index (χ0v) is 12.5. The summed E-state index contributed by atoms with van der Waals surface area (Å²) in [6, 6.07) is 12.9. The van der Waals surface area contributed by atoms with Crippen LogP contribution in [0.3, 0.4) is 0 Å². The first-order valence-electron chi connectivity index (χ1n) is 7.42. The first kappa shape index (κ1) is 14.3. The highest BCUT2D eigenvalue weighted by Gasteiger charge is 2.14. The van der Waals surface area contributed by atoms with Gasteiger partial charge in [-0.25, -0.2) is 0 Å². The Morgan fingerprint density at radius 2 is 1.41 bits per heavy atom. The molecule has 2 N–H and O–H groups in total. The van der Waals surface area contributed by atoms with Crippen molar-refractivity contribution >= 4 is 11.8 Å². The van der Waals surface area contributed by atoms with E-state index in [1.54, 1.807) is 18.2 Å². The molecule has 112 valence electrons. The molecule has 0 saturated heterocycles. The molecular weight excluding hydrogens is 276 g/mol. The molecular formula is C18H18N2O2. The second kappa shape index (κ2) is 6.02. The summed E-state index contributed by atoms with van der Waals surface area (Å²) < 4.78 is 0. The zero-order valence-electron chi connectivity index (χ0n) is 12.5. The number of fused-ring (bicyclic) bond motifs is 1. The molecule has 0 radical (unpaired) electrons. The smallest absolute Gasteiger partial charge is 0.267 e. The third kappa shape index (κ3) is 3.01. The Balaban J connectivity index is 1.62. The van der Waals surface area contributed by atoms with E-state index in [0.29, 0.717) is 11.1 Å². The van der Waals surface area contributed by atoms with Gasteiger partial charge in [-0.2, -0.15) is 0 Å². The van der Waals surface area contributed by atoms with Crippen molar-refractivity contribution in [1.82, 2.24) is 10.9 Å². The molecule has 0 aromatic heterocycles. The van der Waals surface area contributed by atoms with Crippen LogP contribution in [0.1, 0.15) is 43.8 Å². The molecule has 0 atom stereocenters. The van der Waals surface area contributed by atoms with Crippen LogP contribution >= 0.6 is 0 Å². The number of hydrogen-bond acceptors (Lipinski definition) is 2. The van der Waals surface area contributed by atoms with Gasteiger partial charge in [0.15, 0.2) is 0 Å². The van der Waals surface area contributed by atoms with Crippen molar-refractivity contribution in [2.24, 2.45) is 0 Å². The Morgan fingerprint density at radius 3 is 2.14 bits per heavy atom. The van der Waals surface area contributed by atoms with Gasteiger partial charge in [0.1, 0.15) is 0 Å². The first-order valence-corrected chi connectivity index (χ1v) is 7.42. The minimum atomic E-state index is -0.325. The fourth-order valence-corrected chi connectivity index (χ4v) is 2.68. The van der Waals surface area contributed by atoms with Gasteiger partial charge in [0.05, 0.1) is 0 Å². The van der Waals surface area contributed by atoms with Gasteiger partial charge in [-0.15, -0.1) is 0 Å². The standard InChI is InChI=1S/C18H18N2O2/c1-12-5-7-14(8-6-12)17(21)19-20-18(22)16-10-9-13-3-2-4-15(13)11-16/h5-11H,2-4H2,1H3,(H,19,21)(H,20,22). The van der Waals surface area contributed by atoms with Crippen LogP contribution in [-0.2, 0) is 12.8 Å². The van der Waals surface area contributed by atoms with Crippen LogP contribution in [-0.4, -0.2) is 11.8 Å². The minimum absolute atomic E-state index is 0.296. The highest BCUT2D eigenvalue weighted by molar-refractivity contribution is 5.99. The highest BCUT2D eigenvalue weighted by atomic mass is 16.2. The Labute approximate surface area is 129 Å². The van der Waals surface area contributed by atoms with E-state index in [4.69, 9.17) is 0 Å². The summed E-state index contributed by atoms with van der Waals surface area (Å²) in [5.41, 5.74) is 9.63. The quantitative estimate of drug-likeness (QED) is 0.836. The summed E-state index contributed by atoms with van der Waals surface area (Å²) in [4.78, 5) is 24.1. The molecule has 0 unspecified atom stereocenters. The van der Waals surface area contributed by atoms with E-state index in [1.807, 2.05) is 31.2 Å². The number of carbonyl (C=O) groups excluding carboxylic acids is 2. The third-order valence-electron chi connectivity index (χ3n) is 3.96. The second-order valence-corrected chi connectivity index (χ2v) is 5.61. The molecule has 0 spiro atoms. The predicted molar refractivity (Wildman–Crippen MR) is 84.6 cm³/mol. The Bertz CT molecular complexity index is 720. The Kier molecular flexibility index (Phi) is 3.92. The molecule has 0 aliphatic heterocycles. The highest BCUT2D eigenvalue weighted by Crippen LogP contribution is 2.22. The van der Waals surface area contributed by atoms with Crippen molar-refractivity contribution in [3.8, 4) is 0 Å². The normalized spacial score (nSPS) is 12.6. The van der Waals surface area contributed by atoms with Crippen LogP contribution in [0.25, 0.3) is 0 Å². The lowest BCUT2D eigenvalue weighted by Gasteiger charge is -2.09. The zero-order chi connectivity index (χ0) is 15.5. The maximum Gasteiger partial charge on any atom is 0.269 e. The minimum Gasteiger partial charge on any atom is -0.267 e. The summed E-state index contributed by atoms with van der Waals surface area (Å²) in [6.07, 6.45) is 3.25. The number of rotatable bonds is 2. The number of aryl methyl sites for hydroxylation is 3. The number of hydrogen-bond donors (Lipinski definition) is 2. The molecule has 1 aliphatic rings. The Morgan fingerprint density at radius 1 is 0.818 bits per heavy atom. The molecule has 1 aliphatic carbocycles. The van der Waals surface area contributed by atoms with Crippen LogP contribution in [0.15, 0.2) is 42.5 Å². The summed E-state index contributed by atoms with van der Waals surface area (Å²) >= 11 is 0. The third-order valence-corrected chi connectivity index (χ3v) is 3.96. The monoisotopic (exact) mass is 294 g/mol. The predicted octanol–water partition coefficient (Wildman–Crippen LogP) is 2.56. The SMILES string of the molecule is Cc1ccc(C(=O)NNC(=O)c2ccc3c(c2)CCC3)cc1. The van der Waals surface area contributed by atoms with E-state index in [1.165, 1.54) is 11.1 Å². The number of amides is 2. The number of hydrazine groups is 1. The average Bonchev–Trinajstić information content (AvgIpc) is 3.00. The molecule has 0 saturated carbocycles. The van der Waals surface area contributed by atoms with Gasteiger partial charge in [0.2, 0.25) is 0 Å². The van der Waals surface area contributed by atoms with Crippen molar-refractivity contribution in [1.29, 1.82) is 0 Å². The molecule has 4 nitrogen and oxygen atoms in total. The van der Waals surface area contributed by atoms with E-state index >= 15 is 0 Å². The van der Waals surface area contributed by atoms with Gasteiger partial charge in [-0.3, -0.25) is 20.4 Å². The fraction of sp³-hybridized carbons (Fsp3) is 0.222. The van der Waals surface area contributed by atoms with Crippen LogP contribution in [0.5, 0.6) is 0 Å². The topological polar surface area (TPSA) is 58.2 Å². The lowest BCUT2D eigenvalue weighted by Crippen LogP contribution is -2.41. The van der Waals surface area contributed by atoms with Crippen LogP contribution in [0.2, 0.25) is 0 Å². The molecule has 4 heteroatoms. The summed E-state index contributed by atoms with van der Waals surface area (Å²) in [6.45, 7) is 1.96. The van der Waals surface area contributed by atoms with E-state index in [9.17, 15) is 9.59 Å². The summed E-state index contributed by atoms with van der Waals surface area (Å²) in [5.74, 6) is -0.621. The summed E-state index contributed by atoms with van der Waals surface area (Å²) in [7, 11) is 0. The molecule has 2 aromatic carbocycles. The molecule has 0 heterocycles. The van der Waals surface area contributed by atoms with Crippen molar-refractivity contribution in [3.63, 3.8) is 0 Å². The summed E-state index contributed by atoms with van der Waals surface area (Å²) in [5, 5.41) is 0. The van der Waals surface area contributed by atoms with Crippen LogP contribution < -0.4 is 10.9 Å². The molecule has 2 aromatic rings. The van der Waals surface area contributed by atoms with Crippen molar-refractivity contribution in [2.75, 3.05) is 0 Å². The van der Waals surface area contributed by atoms with Crippen molar-refractivity contribution in [2.45, 2.75) is 26.2 Å². The van der Waals surface area contributed by atoms with E-state index in [0.717, 1.165) is 24.8 Å². The van der Waals surface area contributed by atoms with Gasteiger partial charge >= 0.3 is 0 Å². The maximum atomic E-state index is 12.1. The van der Waals surface area contributed by atoms with E-state index in [2.05, 4.69) is 10.9 Å². The molecule has 2 amide bonds. The van der Waals surface area contributed by atoms with Crippen molar-refractivity contribution in [3.05, 3.63) is 70.3 Å². The lowest BCUT2D eigenvalue weighted by molar-refractivity contribution is 0.0846. The van der Waals surface area contributed by atoms with Gasteiger partial charge in [-0.1, -0.05) is 23.8 Å². The van der Waals surface area contributed by atoms with Gasteiger partial charge in [0, 0.05) is 11.1 Å². The fourth-order valence-electron chi connectivity index (χ4n) is 2.68. The Hall–Kier alpha value is -2.62. The van der Waals surface area contributed by atoms with Crippen molar-refractivity contribution < 1.29 is 9.59 Å². The number of benzene rings is 2. The van der Waals surface area contributed by atoms with Crippen LogP contribution in [0.4, 0.5) is 0 Å². The van der Waals surface area contributed by atoms with Gasteiger partial charge < -0.3 is 0 Å². The molecule has 3 rings (SSSR count). The lowest BCUT2D eigenvalue weighted by atomic mass is 10.1. The van der Waals surface area contributed by atoms with Gasteiger partial charge in [-0.05, 0) is 61.6 Å². The first-order chi connectivity index (χ1) is 10.6. The maximum absolute atomic E-state index is 12.1. The van der Waals surface area contributed by atoms with E-state index < -0.39 is 0 Å². The van der Waals surface area contributed by atoms with Gasteiger partial charge in [0.25, 0.3) is 11.8 Å². The number of carbonyl (C=O) groups is 2. The van der Waals surface area contributed by atoms with Crippen LogP contribution in [0, 0.1) is 6.92 Å². The van der Waals surface area contributed by atoms with E-state index in [-0.39, 0.29) is 11.8 Å².